The second kappa shape index (κ2) is 4.50. The molecule has 0 spiro atoms. The van der Waals surface area contributed by atoms with Crippen molar-refractivity contribution in [2.24, 2.45) is 7.05 Å². The third-order valence-corrected chi connectivity index (χ3v) is 3.13. The number of nitrogens with zero attached hydrogens (tertiary/aromatic N) is 4. The lowest BCUT2D eigenvalue weighted by molar-refractivity contribution is -0.388. The molecule has 0 aliphatic carbocycles. The number of imidazole rings is 1. The van der Waals surface area contributed by atoms with E-state index in [1.807, 2.05) is 12.3 Å². The second-order valence-corrected chi connectivity index (χ2v) is 4.46. The number of rotatable bonds is 4. The van der Waals surface area contributed by atoms with Crippen LogP contribution in [-0.2, 0) is 13.6 Å². The summed E-state index contributed by atoms with van der Waals surface area (Å²) in [5.41, 5.74) is 0.950. The maximum absolute atomic E-state index is 10.7. The molecule has 0 bridgehead atoms. The number of aromatic nitrogens is 3. The van der Waals surface area contributed by atoms with Gasteiger partial charge in [-0.2, -0.15) is 0 Å². The van der Waals surface area contributed by atoms with Gasteiger partial charge in [-0.15, -0.1) is 11.3 Å². The van der Waals surface area contributed by atoms with Crippen LogP contribution in [0, 0.1) is 17.0 Å². The Bertz CT molecular complexity index is 547. The maximum Gasteiger partial charge on any atom is 0.406 e. The van der Waals surface area contributed by atoms with Gasteiger partial charge in [0.1, 0.15) is 5.01 Å². The first-order valence-electron chi connectivity index (χ1n) is 4.88. The molecule has 2 aromatic heterocycles. The fraction of sp³-hybridized carbons (Fsp3) is 0.333. The fourth-order valence-corrected chi connectivity index (χ4v) is 2.11. The van der Waals surface area contributed by atoms with Crippen LogP contribution < -0.4 is 5.32 Å². The van der Waals surface area contributed by atoms with Crippen molar-refractivity contribution in [1.82, 2.24) is 14.5 Å². The van der Waals surface area contributed by atoms with Gasteiger partial charge in [0.25, 0.3) is 0 Å². The largest absolute Gasteiger partial charge is 0.406 e. The Morgan fingerprint density at radius 1 is 1.65 bits per heavy atom. The Kier molecular flexibility index (Phi) is 3.05. The summed E-state index contributed by atoms with van der Waals surface area (Å²) in [5.74, 6) is 0.226. The van der Waals surface area contributed by atoms with Gasteiger partial charge in [0.2, 0.25) is 12.1 Å². The first-order valence-corrected chi connectivity index (χ1v) is 5.76. The minimum Gasteiger partial charge on any atom is -0.358 e. The van der Waals surface area contributed by atoms with Crippen LogP contribution in [0.2, 0.25) is 0 Å². The van der Waals surface area contributed by atoms with E-state index < -0.39 is 4.92 Å². The van der Waals surface area contributed by atoms with Crippen LogP contribution in [-0.4, -0.2) is 19.5 Å². The zero-order valence-corrected chi connectivity index (χ0v) is 10.2. The molecule has 8 heteroatoms. The molecule has 0 saturated carbocycles. The van der Waals surface area contributed by atoms with Gasteiger partial charge in [0.05, 0.1) is 6.54 Å². The number of nitro groups is 1. The lowest BCUT2D eigenvalue weighted by Gasteiger charge is -2.03. The number of anilines is 1. The van der Waals surface area contributed by atoms with Crippen molar-refractivity contribution in [2.45, 2.75) is 13.5 Å². The summed E-state index contributed by atoms with van der Waals surface area (Å²) in [6.07, 6.45) is 1.41. The Morgan fingerprint density at radius 3 is 3.00 bits per heavy atom. The molecular weight excluding hydrogens is 242 g/mol. The smallest absolute Gasteiger partial charge is 0.358 e. The van der Waals surface area contributed by atoms with Gasteiger partial charge in [-0.05, 0) is 16.8 Å². The molecule has 0 unspecified atom stereocenters. The van der Waals surface area contributed by atoms with Gasteiger partial charge >= 0.3 is 5.82 Å². The summed E-state index contributed by atoms with van der Waals surface area (Å²) in [4.78, 5) is 18.2. The molecule has 0 saturated heterocycles. The van der Waals surface area contributed by atoms with Crippen LogP contribution in [0.15, 0.2) is 11.7 Å². The summed E-state index contributed by atoms with van der Waals surface area (Å²) in [7, 11) is 1.70. The first-order chi connectivity index (χ1) is 8.08. The Hall–Kier alpha value is -1.96. The van der Waals surface area contributed by atoms with Gasteiger partial charge in [0, 0.05) is 18.1 Å². The van der Waals surface area contributed by atoms with Crippen LogP contribution in [0.25, 0.3) is 0 Å². The molecule has 17 heavy (non-hydrogen) atoms. The van der Waals surface area contributed by atoms with E-state index in [9.17, 15) is 10.1 Å². The lowest BCUT2D eigenvalue weighted by atomic mass is 10.5. The molecule has 0 atom stereocenters. The van der Waals surface area contributed by atoms with Crippen molar-refractivity contribution in [2.75, 3.05) is 5.32 Å². The van der Waals surface area contributed by atoms with E-state index in [0.29, 0.717) is 12.4 Å². The average Bonchev–Trinajstić information content (AvgIpc) is 2.82. The molecule has 0 aliphatic heterocycles. The summed E-state index contributed by atoms with van der Waals surface area (Å²) >= 11 is 1.52. The predicted octanol–water partition coefficient (Wildman–Crippen LogP) is 1.71. The SMILES string of the molecule is Cc1csc(CNc2c([N+](=O)[O-])ncn2C)n1. The molecular formula is C9H11N5O2S. The molecule has 0 amide bonds. The molecule has 2 rings (SSSR count). The predicted molar refractivity (Wildman–Crippen MR) is 64.0 cm³/mol. The van der Waals surface area contributed by atoms with Crippen LogP contribution in [0.5, 0.6) is 0 Å². The van der Waals surface area contributed by atoms with Gasteiger partial charge < -0.3 is 15.4 Å². The van der Waals surface area contributed by atoms with Crippen LogP contribution in [0.1, 0.15) is 10.7 Å². The van der Waals surface area contributed by atoms with Crippen molar-refractivity contribution in [3.8, 4) is 0 Å². The highest BCUT2D eigenvalue weighted by atomic mass is 32.1. The quantitative estimate of drug-likeness (QED) is 0.662. The number of hydrogen-bond acceptors (Lipinski definition) is 6. The molecule has 0 radical (unpaired) electrons. The van der Waals surface area contributed by atoms with Crippen molar-refractivity contribution >= 4 is 23.0 Å². The fourth-order valence-electron chi connectivity index (χ4n) is 1.40. The molecule has 2 heterocycles. The number of aryl methyl sites for hydroxylation is 2. The molecule has 2 aromatic rings. The average molecular weight is 253 g/mol. The molecule has 0 aliphatic rings. The highest BCUT2D eigenvalue weighted by molar-refractivity contribution is 7.09. The van der Waals surface area contributed by atoms with Gasteiger partial charge in [0.15, 0.2) is 0 Å². The number of thiazole rings is 1. The van der Waals surface area contributed by atoms with Gasteiger partial charge in [-0.1, -0.05) is 0 Å². The van der Waals surface area contributed by atoms with Crippen molar-refractivity contribution in [1.29, 1.82) is 0 Å². The summed E-state index contributed by atoms with van der Waals surface area (Å²) in [6, 6.07) is 0. The summed E-state index contributed by atoms with van der Waals surface area (Å²) in [5, 5.41) is 16.5. The second-order valence-electron chi connectivity index (χ2n) is 3.52. The Labute approximate surface area is 101 Å². The normalized spacial score (nSPS) is 10.5. The Balaban J connectivity index is 2.13. The zero-order valence-electron chi connectivity index (χ0n) is 9.38. The van der Waals surface area contributed by atoms with Gasteiger partial charge in [-0.25, -0.2) is 4.98 Å². The van der Waals surface area contributed by atoms with Crippen LogP contribution in [0.4, 0.5) is 11.6 Å². The number of nitrogens with one attached hydrogen (secondary N) is 1. The van der Waals surface area contributed by atoms with Gasteiger partial charge in [-0.3, -0.25) is 4.57 Å². The Morgan fingerprint density at radius 2 is 2.41 bits per heavy atom. The van der Waals surface area contributed by atoms with Crippen LogP contribution in [0.3, 0.4) is 0 Å². The molecule has 90 valence electrons. The highest BCUT2D eigenvalue weighted by Crippen LogP contribution is 2.22. The summed E-state index contributed by atoms with van der Waals surface area (Å²) < 4.78 is 1.58. The monoisotopic (exact) mass is 253 g/mol. The molecule has 7 nitrogen and oxygen atoms in total. The molecule has 1 N–H and O–H groups in total. The minimum atomic E-state index is -0.505. The van der Waals surface area contributed by atoms with Crippen molar-refractivity contribution in [3.05, 3.63) is 32.5 Å². The van der Waals surface area contributed by atoms with E-state index in [2.05, 4.69) is 15.3 Å². The highest BCUT2D eigenvalue weighted by Gasteiger charge is 2.19. The van der Waals surface area contributed by atoms with E-state index in [0.717, 1.165) is 10.7 Å². The minimum absolute atomic E-state index is 0.166. The zero-order chi connectivity index (χ0) is 12.4. The first kappa shape index (κ1) is 11.5. The lowest BCUT2D eigenvalue weighted by Crippen LogP contribution is -2.05. The van der Waals surface area contributed by atoms with E-state index >= 15 is 0 Å². The maximum atomic E-state index is 10.7. The third-order valence-electron chi connectivity index (χ3n) is 2.16. The van der Waals surface area contributed by atoms with Crippen molar-refractivity contribution < 1.29 is 4.92 Å². The summed E-state index contributed by atoms with van der Waals surface area (Å²) in [6.45, 7) is 2.37. The standard InChI is InChI=1S/C9H11N5O2S/c1-6-4-17-7(12-6)3-10-8-9(14(15)16)11-5-13(8)2/h4-5,10H,3H2,1-2H3. The topological polar surface area (TPSA) is 85.9 Å². The van der Waals surface area contributed by atoms with E-state index in [1.54, 1.807) is 11.6 Å². The van der Waals surface area contributed by atoms with Crippen molar-refractivity contribution in [3.63, 3.8) is 0 Å². The third kappa shape index (κ3) is 2.41. The molecule has 0 fully saturated rings. The van der Waals surface area contributed by atoms with Crippen LogP contribution >= 0.6 is 11.3 Å². The number of hydrogen-bond donors (Lipinski definition) is 1. The van der Waals surface area contributed by atoms with E-state index in [-0.39, 0.29) is 5.82 Å². The molecule has 0 aromatic carbocycles. The van der Waals surface area contributed by atoms with E-state index in [1.165, 1.54) is 17.7 Å². The van der Waals surface area contributed by atoms with E-state index in [4.69, 9.17) is 0 Å².